The molecule has 2 aromatic carbocycles. The molecular weight excluding hydrogens is 404 g/mol. The molecule has 0 fully saturated rings. The third-order valence-electron chi connectivity index (χ3n) is 4.85. The maximum Gasteiger partial charge on any atom is 0.251 e. The van der Waals surface area contributed by atoms with Crippen molar-refractivity contribution in [2.24, 2.45) is 0 Å². The lowest BCUT2D eigenvalue weighted by Crippen LogP contribution is -2.25. The number of hydrogen-bond acceptors (Lipinski definition) is 4. The van der Waals surface area contributed by atoms with Gasteiger partial charge in [-0.25, -0.2) is 0 Å². The molecule has 2 rings (SSSR count). The molecule has 6 nitrogen and oxygen atoms in total. The van der Waals surface area contributed by atoms with E-state index in [1.807, 2.05) is 24.3 Å². The van der Waals surface area contributed by atoms with Crippen LogP contribution in [0.2, 0.25) is 0 Å². The van der Waals surface area contributed by atoms with Crippen LogP contribution in [-0.2, 0) is 0 Å². The third kappa shape index (κ3) is 9.41. The van der Waals surface area contributed by atoms with E-state index in [0.29, 0.717) is 37.4 Å². The van der Waals surface area contributed by atoms with Gasteiger partial charge in [-0.2, -0.15) is 0 Å². The number of hydrogen-bond donors (Lipinski definition) is 2. The van der Waals surface area contributed by atoms with Crippen molar-refractivity contribution in [2.75, 3.05) is 26.3 Å². The summed E-state index contributed by atoms with van der Waals surface area (Å²) < 4.78 is 11.1. The van der Waals surface area contributed by atoms with E-state index in [9.17, 15) is 9.59 Å². The molecule has 32 heavy (non-hydrogen) atoms. The summed E-state index contributed by atoms with van der Waals surface area (Å²) in [5.41, 5.74) is 1.28. The molecule has 2 amide bonds. The third-order valence-corrected chi connectivity index (χ3v) is 4.85. The van der Waals surface area contributed by atoms with Gasteiger partial charge in [-0.1, -0.05) is 26.7 Å². The Kier molecular flexibility index (Phi) is 11.7. The molecule has 0 saturated carbocycles. The van der Waals surface area contributed by atoms with Gasteiger partial charge in [0.1, 0.15) is 11.5 Å². The van der Waals surface area contributed by atoms with Crippen LogP contribution in [0.4, 0.5) is 0 Å². The Bertz CT molecular complexity index is 734. The highest BCUT2D eigenvalue weighted by atomic mass is 16.5. The van der Waals surface area contributed by atoms with Gasteiger partial charge in [0.05, 0.1) is 13.2 Å². The Balaban J connectivity index is 1.53. The molecule has 6 heteroatoms. The average Bonchev–Trinajstić information content (AvgIpc) is 2.83. The van der Waals surface area contributed by atoms with Crippen molar-refractivity contribution in [1.29, 1.82) is 0 Å². The molecule has 0 atom stereocenters. The molecule has 0 heterocycles. The molecule has 0 aromatic heterocycles. The van der Waals surface area contributed by atoms with Crippen molar-refractivity contribution < 1.29 is 19.1 Å². The molecule has 2 N–H and O–H groups in total. The van der Waals surface area contributed by atoms with Crippen molar-refractivity contribution in [3.8, 4) is 11.5 Å². The summed E-state index contributed by atoms with van der Waals surface area (Å²) in [6.45, 7) is 6.76. The molecule has 0 aliphatic carbocycles. The predicted molar refractivity (Wildman–Crippen MR) is 128 cm³/mol. The summed E-state index contributed by atoms with van der Waals surface area (Å²) in [6.07, 6.45) is 5.74. The Morgan fingerprint density at radius 2 is 1.00 bits per heavy atom. The number of ether oxygens (including phenoxy) is 2. The summed E-state index contributed by atoms with van der Waals surface area (Å²) in [5, 5.41) is 5.90. The molecule has 0 saturated heterocycles. The molecule has 0 bridgehead atoms. The first-order valence-corrected chi connectivity index (χ1v) is 11.7. The molecular formula is C26H36N2O4. The van der Waals surface area contributed by atoms with Gasteiger partial charge in [0.25, 0.3) is 11.8 Å². The maximum atomic E-state index is 12.2. The highest BCUT2D eigenvalue weighted by Gasteiger charge is 2.06. The zero-order valence-electron chi connectivity index (χ0n) is 19.3. The molecule has 2 aromatic rings. The lowest BCUT2D eigenvalue weighted by Gasteiger charge is -2.08. The summed E-state index contributed by atoms with van der Waals surface area (Å²) in [5.74, 6) is 1.44. The van der Waals surface area contributed by atoms with Gasteiger partial charge in [-0.15, -0.1) is 0 Å². The number of unbranched alkanes of at least 4 members (excludes halogenated alkanes) is 3. The van der Waals surface area contributed by atoms with E-state index < -0.39 is 0 Å². The normalized spacial score (nSPS) is 10.4. The van der Waals surface area contributed by atoms with E-state index in [2.05, 4.69) is 24.5 Å². The van der Waals surface area contributed by atoms with Crippen LogP contribution >= 0.6 is 0 Å². The number of nitrogens with one attached hydrogen (secondary N) is 2. The SMILES string of the molecule is CCCOc1ccc(C(=O)NCCCCCCNC(=O)c2ccc(OCCC)cc2)cc1. The van der Waals surface area contributed by atoms with Gasteiger partial charge in [-0.3, -0.25) is 9.59 Å². The van der Waals surface area contributed by atoms with Crippen LogP contribution in [0.25, 0.3) is 0 Å². The minimum absolute atomic E-state index is 0.0644. The van der Waals surface area contributed by atoms with Crippen LogP contribution in [0.1, 0.15) is 73.1 Å². The van der Waals surface area contributed by atoms with E-state index in [1.165, 1.54) is 0 Å². The lowest BCUT2D eigenvalue weighted by molar-refractivity contribution is 0.0943. The van der Waals surface area contributed by atoms with Crippen LogP contribution in [0.3, 0.4) is 0 Å². The van der Waals surface area contributed by atoms with Gasteiger partial charge in [0.15, 0.2) is 0 Å². The summed E-state index contributed by atoms with van der Waals surface area (Å²) >= 11 is 0. The van der Waals surface area contributed by atoms with Crippen molar-refractivity contribution in [3.05, 3.63) is 59.7 Å². The molecule has 0 aliphatic heterocycles. The Hall–Kier alpha value is -3.02. The smallest absolute Gasteiger partial charge is 0.251 e. The van der Waals surface area contributed by atoms with E-state index in [0.717, 1.165) is 50.0 Å². The minimum atomic E-state index is -0.0644. The summed E-state index contributed by atoms with van der Waals surface area (Å²) in [7, 11) is 0. The maximum absolute atomic E-state index is 12.2. The summed E-state index contributed by atoms with van der Waals surface area (Å²) in [6, 6.07) is 14.5. The second kappa shape index (κ2) is 14.9. The highest BCUT2D eigenvalue weighted by Crippen LogP contribution is 2.13. The van der Waals surface area contributed by atoms with Crippen LogP contribution in [0.15, 0.2) is 48.5 Å². The van der Waals surface area contributed by atoms with Crippen molar-refractivity contribution in [3.63, 3.8) is 0 Å². The Morgan fingerprint density at radius 3 is 1.34 bits per heavy atom. The Labute approximate surface area is 191 Å². The van der Waals surface area contributed by atoms with Gasteiger partial charge in [0, 0.05) is 24.2 Å². The number of amides is 2. The number of rotatable bonds is 15. The van der Waals surface area contributed by atoms with Crippen LogP contribution in [0, 0.1) is 0 Å². The van der Waals surface area contributed by atoms with Crippen LogP contribution < -0.4 is 20.1 Å². The topological polar surface area (TPSA) is 76.7 Å². The first-order chi connectivity index (χ1) is 15.6. The standard InChI is InChI=1S/C26H36N2O4/c1-3-19-31-23-13-9-21(10-14-23)25(29)27-17-7-5-6-8-18-28-26(30)22-11-15-24(16-12-22)32-20-4-2/h9-16H,3-8,17-20H2,1-2H3,(H,27,29)(H,28,30). The van der Waals surface area contributed by atoms with Gasteiger partial charge in [-0.05, 0) is 74.2 Å². The van der Waals surface area contributed by atoms with Gasteiger partial charge >= 0.3 is 0 Å². The fourth-order valence-electron chi connectivity index (χ4n) is 3.06. The monoisotopic (exact) mass is 440 g/mol. The first kappa shape index (κ1) is 25.2. The van der Waals surface area contributed by atoms with E-state index in [4.69, 9.17) is 9.47 Å². The largest absolute Gasteiger partial charge is 0.494 e. The predicted octanol–water partition coefficient (Wildman–Crippen LogP) is 4.98. The van der Waals surface area contributed by atoms with Crippen molar-refractivity contribution in [1.82, 2.24) is 10.6 Å². The minimum Gasteiger partial charge on any atom is -0.494 e. The first-order valence-electron chi connectivity index (χ1n) is 11.7. The Morgan fingerprint density at radius 1 is 0.625 bits per heavy atom. The van der Waals surface area contributed by atoms with Crippen LogP contribution in [0.5, 0.6) is 11.5 Å². The average molecular weight is 441 g/mol. The van der Waals surface area contributed by atoms with Crippen molar-refractivity contribution in [2.45, 2.75) is 52.4 Å². The number of benzene rings is 2. The lowest BCUT2D eigenvalue weighted by atomic mass is 10.1. The zero-order chi connectivity index (χ0) is 23.0. The van der Waals surface area contributed by atoms with E-state index in [1.54, 1.807) is 24.3 Å². The van der Waals surface area contributed by atoms with E-state index >= 15 is 0 Å². The summed E-state index contributed by atoms with van der Waals surface area (Å²) in [4.78, 5) is 24.4. The highest BCUT2D eigenvalue weighted by molar-refractivity contribution is 5.94. The fraction of sp³-hybridized carbons (Fsp3) is 0.462. The van der Waals surface area contributed by atoms with Gasteiger partial charge in [0.2, 0.25) is 0 Å². The second-order valence-corrected chi connectivity index (χ2v) is 7.67. The van der Waals surface area contributed by atoms with Gasteiger partial charge < -0.3 is 20.1 Å². The fourth-order valence-corrected chi connectivity index (χ4v) is 3.06. The zero-order valence-corrected chi connectivity index (χ0v) is 19.3. The molecule has 174 valence electrons. The molecule has 0 aliphatic rings. The molecule has 0 unspecified atom stereocenters. The molecule has 0 spiro atoms. The van der Waals surface area contributed by atoms with E-state index in [-0.39, 0.29) is 11.8 Å². The van der Waals surface area contributed by atoms with Crippen LogP contribution in [-0.4, -0.2) is 38.1 Å². The second-order valence-electron chi connectivity index (χ2n) is 7.67. The molecule has 0 radical (unpaired) electrons. The number of carbonyl (C=O) groups is 2. The van der Waals surface area contributed by atoms with Crippen molar-refractivity contribution >= 4 is 11.8 Å². The number of carbonyl (C=O) groups excluding carboxylic acids is 2. The quantitative estimate of drug-likeness (QED) is 0.383.